The highest BCUT2D eigenvalue weighted by atomic mass is 16.5. The third-order valence-electron chi connectivity index (χ3n) is 2.73. The third-order valence-corrected chi connectivity index (χ3v) is 2.73. The fourth-order valence-corrected chi connectivity index (χ4v) is 1.94. The molecule has 14 heavy (non-hydrogen) atoms. The number of aryl methyl sites for hydroxylation is 2. The molecule has 2 heterocycles. The molecule has 0 aliphatic carbocycles. The van der Waals surface area contributed by atoms with Crippen LogP contribution in [0.25, 0.3) is 0 Å². The van der Waals surface area contributed by atoms with Gasteiger partial charge in [0.1, 0.15) is 0 Å². The summed E-state index contributed by atoms with van der Waals surface area (Å²) in [5.41, 5.74) is 3.54. The fraction of sp³-hybridized carbons (Fsp3) is 0.545. The molecule has 2 rings (SSSR count). The topological polar surface area (TPSA) is 25.4 Å². The summed E-state index contributed by atoms with van der Waals surface area (Å²) in [7, 11) is 3.79. The molecule has 0 bridgehead atoms. The first kappa shape index (κ1) is 9.31. The second kappa shape index (κ2) is 3.48. The molecule has 0 N–H and O–H groups in total. The Kier molecular flexibility index (Phi) is 2.32. The van der Waals surface area contributed by atoms with Crippen molar-refractivity contribution in [1.82, 2.24) is 4.98 Å². The Morgan fingerprint density at radius 3 is 3.00 bits per heavy atom. The van der Waals surface area contributed by atoms with Crippen molar-refractivity contribution in [2.75, 3.05) is 25.6 Å². The minimum atomic E-state index is 0.763. The smallest absolute Gasteiger partial charge is 0.216 e. The molecule has 3 heteroatoms. The van der Waals surface area contributed by atoms with E-state index in [1.807, 2.05) is 6.92 Å². The lowest BCUT2D eigenvalue weighted by Crippen LogP contribution is -2.25. The summed E-state index contributed by atoms with van der Waals surface area (Å²) in [5, 5.41) is 0. The molecule has 0 unspecified atom stereocenters. The van der Waals surface area contributed by atoms with Gasteiger partial charge in [-0.15, -0.1) is 0 Å². The van der Waals surface area contributed by atoms with Crippen LogP contribution >= 0.6 is 0 Å². The van der Waals surface area contributed by atoms with E-state index in [9.17, 15) is 0 Å². The zero-order valence-corrected chi connectivity index (χ0v) is 9.00. The monoisotopic (exact) mass is 192 g/mol. The molecule has 0 radical (unpaired) electrons. The Hall–Kier alpha value is -1.25. The van der Waals surface area contributed by atoms with E-state index in [0.717, 1.165) is 24.4 Å². The van der Waals surface area contributed by atoms with Gasteiger partial charge in [-0.3, -0.25) is 0 Å². The fourth-order valence-electron chi connectivity index (χ4n) is 1.94. The van der Waals surface area contributed by atoms with Gasteiger partial charge in [-0.25, -0.2) is 4.98 Å². The minimum Gasteiger partial charge on any atom is -0.481 e. The normalized spacial score (nSPS) is 15.2. The van der Waals surface area contributed by atoms with Crippen LogP contribution in [0.1, 0.15) is 17.7 Å². The van der Waals surface area contributed by atoms with Crippen LogP contribution < -0.4 is 9.64 Å². The third kappa shape index (κ3) is 1.43. The molecule has 0 atom stereocenters. The Balaban J connectivity index is 2.48. The maximum absolute atomic E-state index is 5.22. The molecule has 1 aliphatic heterocycles. The average molecular weight is 192 g/mol. The Bertz CT molecular complexity index is 349. The maximum Gasteiger partial charge on any atom is 0.216 e. The van der Waals surface area contributed by atoms with Crippen LogP contribution in [0, 0.1) is 6.92 Å². The maximum atomic E-state index is 5.22. The van der Waals surface area contributed by atoms with Crippen molar-refractivity contribution in [3.8, 4) is 5.88 Å². The first-order valence-electron chi connectivity index (χ1n) is 4.98. The Morgan fingerprint density at radius 1 is 1.50 bits per heavy atom. The number of rotatable bonds is 1. The van der Waals surface area contributed by atoms with Gasteiger partial charge in [-0.1, -0.05) is 0 Å². The zero-order chi connectivity index (χ0) is 10.1. The van der Waals surface area contributed by atoms with E-state index >= 15 is 0 Å². The molecule has 0 spiro atoms. The highest BCUT2D eigenvalue weighted by Crippen LogP contribution is 2.29. The summed E-state index contributed by atoms with van der Waals surface area (Å²) in [6.07, 6.45) is 2.25. The molecule has 0 saturated carbocycles. The largest absolute Gasteiger partial charge is 0.481 e. The summed E-state index contributed by atoms with van der Waals surface area (Å²) in [4.78, 5) is 6.78. The van der Waals surface area contributed by atoms with E-state index in [0.29, 0.717) is 0 Å². The van der Waals surface area contributed by atoms with Crippen molar-refractivity contribution >= 4 is 5.69 Å². The van der Waals surface area contributed by atoms with Gasteiger partial charge in [0.2, 0.25) is 5.88 Å². The lowest BCUT2D eigenvalue weighted by molar-refractivity contribution is 0.392. The minimum absolute atomic E-state index is 0.763. The number of aromatic nitrogens is 1. The van der Waals surface area contributed by atoms with Gasteiger partial charge in [-0.05, 0) is 25.8 Å². The number of nitrogens with zero attached hydrogens (tertiary/aromatic N) is 2. The van der Waals surface area contributed by atoms with E-state index in [4.69, 9.17) is 4.74 Å². The number of anilines is 1. The summed E-state index contributed by atoms with van der Waals surface area (Å²) in [5.74, 6) is 0.763. The molecule has 0 saturated heterocycles. The van der Waals surface area contributed by atoms with E-state index < -0.39 is 0 Å². The van der Waals surface area contributed by atoms with Crippen LogP contribution in [-0.4, -0.2) is 25.7 Å². The molecule has 1 aromatic rings. The highest BCUT2D eigenvalue weighted by Gasteiger charge is 2.16. The lowest BCUT2D eigenvalue weighted by atomic mass is 10.1. The number of ether oxygens (including phenoxy) is 1. The molecular formula is C11H16N2O. The quantitative estimate of drug-likeness (QED) is 0.678. The van der Waals surface area contributed by atoms with Gasteiger partial charge in [0.25, 0.3) is 0 Å². The molecule has 0 fully saturated rings. The molecule has 76 valence electrons. The van der Waals surface area contributed by atoms with Crippen molar-refractivity contribution in [3.05, 3.63) is 17.3 Å². The van der Waals surface area contributed by atoms with Crippen molar-refractivity contribution < 1.29 is 4.74 Å². The zero-order valence-electron chi connectivity index (χ0n) is 9.00. The van der Waals surface area contributed by atoms with Gasteiger partial charge >= 0.3 is 0 Å². The molecular weight excluding hydrogens is 176 g/mol. The van der Waals surface area contributed by atoms with Crippen LogP contribution in [0.4, 0.5) is 5.69 Å². The molecule has 0 amide bonds. The van der Waals surface area contributed by atoms with Gasteiger partial charge in [-0.2, -0.15) is 0 Å². The Labute approximate surface area is 84.7 Å². The number of pyridine rings is 1. The second-order valence-corrected chi connectivity index (χ2v) is 3.81. The summed E-state index contributed by atoms with van der Waals surface area (Å²) in [6, 6.07) is 2.17. The van der Waals surface area contributed by atoms with Crippen LogP contribution in [0.5, 0.6) is 5.88 Å². The van der Waals surface area contributed by atoms with E-state index in [2.05, 4.69) is 23.0 Å². The van der Waals surface area contributed by atoms with Crippen LogP contribution in [-0.2, 0) is 6.42 Å². The van der Waals surface area contributed by atoms with Crippen molar-refractivity contribution in [3.63, 3.8) is 0 Å². The lowest BCUT2D eigenvalue weighted by Gasteiger charge is -2.27. The summed E-state index contributed by atoms with van der Waals surface area (Å²) in [6.45, 7) is 3.16. The molecule has 1 aromatic heterocycles. The van der Waals surface area contributed by atoms with Gasteiger partial charge in [0.15, 0.2) is 0 Å². The first-order valence-corrected chi connectivity index (χ1v) is 4.98. The Morgan fingerprint density at radius 2 is 2.29 bits per heavy atom. The number of hydrogen-bond donors (Lipinski definition) is 0. The van der Waals surface area contributed by atoms with Crippen LogP contribution in [0.15, 0.2) is 6.07 Å². The second-order valence-electron chi connectivity index (χ2n) is 3.81. The van der Waals surface area contributed by atoms with Crippen LogP contribution in [0.3, 0.4) is 0 Å². The average Bonchev–Trinajstić information content (AvgIpc) is 2.19. The standard InChI is InChI=1S/C11H16N2O/c1-8-7-10-9(12-11(8)14-3)5-4-6-13(10)2/h7H,4-6H2,1-3H3. The van der Waals surface area contributed by atoms with Crippen molar-refractivity contribution in [1.29, 1.82) is 0 Å². The summed E-state index contributed by atoms with van der Waals surface area (Å²) < 4.78 is 5.22. The molecule has 0 aromatic carbocycles. The number of hydrogen-bond acceptors (Lipinski definition) is 3. The number of fused-ring (bicyclic) bond motifs is 1. The van der Waals surface area contributed by atoms with E-state index in [1.54, 1.807) is 7.11 Å². The van der Waals surface area contributed by atoms with Gasteiger partial charge in [0.05, 0.1) is 18.5 Å². The van der Waals surface area contributed by atoms with Gasteiger partial charge in [0, 0.05) is 19.2 Å². The number of methoxy groups -OCH3 is 1. The van der Waals surface area contributed by atoms with Gasteiger partial charge < -0.3 is 9.64 Å². The first-order chi connectivity index (χ1) is 6.72. The van der Waals surface area contributed by atoms with Crippen molar-refractivity contribution in [2.45, 2.75) is 19.8 Å². The molecule has 3 nitrogen and oxygen atoms in total. The van der Waals surface area contributed by atoms with E-state index in [-0.39, 0.29) is 0 Å². The van der Waals surface area contributed by atoms with Crippen LogP contribution in [0.2, 0.25) is 0 Å². The SMILES string of the molecule is COc1nc2c(cc1C)N(C)CCC2. The molecule has 1 aliphatic rings. The van der Waals surface area contributed by atoms with E-state index in [1.165, 1.54) is 17.8 Å². The predicted octanol–water partition coefficient (Wildman–Crippen LogP) is 1.78. The summed E-state index contributed by atoms with van der Waals surface area (Å²) >= 11 is 0. The predicted molar refractivity (Wildman–Crippen MR) is 57.1 cm³/mol. The van der Waals surface area contributed by atoms with Crippen molar-refractivity contribution in [2.24, 2.45) is 0 Å². The highest BCUT2D eigenvalue weighted by molar-refractivity contribution is 5.55.